The van der Waals surface area contributed by atoms with E-state index < -0.39 is 11.6 Å². The Balaban J connectivity index is 1.79. The van der Waals surface area contributed by atoms with Gasteiger partial charge in [-0.05, 0) is 27.7 Å². The highest BCUT2D eigenvalue weighted by molar-refractivity contribution is 4.98. The molecule has 3 fully saturated rings. The third-order valence-electron chi connectivity index (χ3n) is 3.44. The van der Waals surface area contributed by atoms with Crippen LogP contribution in [0.4, 0.5) is 0 Å². The molecule has 98 valence electrons. The standard InChI is InChI=1S/C12H20O5/c1-11(2)13-5-7-9(16-11)10-8(15-7)6-14-12(3,4)17-10/h7-10H,5-6H2,1-4H3/t7-,8-,9-,10-/m1/s1. The van der Waals surface area contributed by atoms with Crippen molar-refractivity contribution in [3.63, 3.8) is 0 Å². The molecule has 0 amide bonds. The zero-order valence-corrected chi connectivity index (χ0v) is 10.8. The van der Waals surface area contributed by atoms with Crippen molar-refractivity contribution in [1.82, 2.24) is 0 Å². The van der Waals surface area contributed by atoms with E-state index in [1.807, 2.05) is 27.7 Å². The molecule has 3 aliphatic rings. The molecule has 3 aliphatic heterocycles. The van der Waals surface area contributed by atoms with Gasteiger partial charge in [0.1, 0.15) is 24.4 Å². The lowest BCUT2D eigenvalue weighted by Gasteiger charge is -2.42. The molecule has 0 bridgehead atoms. The summed E-state index contributed by atoms with van der Waals surface area (Å²) in [5.41, 5.74) is 0. The molecule has 0 aromatic carbocycles. The summed E-state index contributed by atoms with van der Waals surface area (Å²) in [6, 6.07) is 0. The van der Waals surface area contributed by atoms with Gasteiger partial charge >= 0.3 is 0 Å². The summed E-state index contributed by atoms with van der Waals surface area (Å²) in [6.45, 7) is 8.77. The number of rotatable bonds is 0. The maximum atomic E-state index is 5.93. The summed E-state index contributed by atoms with van der Waals surface area (Å²) in [6.07, 6.45) is -0.218. The number of fused-ring (bicyclic) bond motifs is 3. The Hall–Kier alpha value is -0.200. The monoisotopic (exact) mass is 244 g/mol. The lowest BCUT2D eigenvalue weighted by atomic mass is 10.0. The van der Waals surface area contributed by atoms with Gasteiger partial charge in [-0.15, -0.1) is 0 Å². The molecule has 0 unspecified atom stereocenters. The molecule has 17 heavy (non-hydrogen) atoms. The Labute approximate surface area is 101 Å². The van der Waals surface area contributed by atoms with Gasteiger partial charge in [0.15, 0.2) is 11.6 Å². The van der Waals surface area contributed by atoms with Crippen LogP contribution < -0.4 is 0 Å². The molecule has 0 aromatic heterocycles. The minimum atomic E-state index is -0.564. The molecular formula is C12H20O5. The van der Waals surface area contributed by atoms with Crippen LogP contribution in [0.2, 0.25) is 0 Å². The van der Waals surface area contributed by atoms with Gasteiger partial charge in [0.2, 0.25) is 0 Å². The molecule has 5 heteroatoms. The van der Waals surface area contributed by atoms with Crippen molar-refractivity contribution in [2.45, 2.75) is 63.7 Å². The fraction of sp³-hybridized carbons (Fsp3) is 1.00. The van der Waals surface area contributed by atoms with Crippen LogP contribution in [0.1, 0.15) is 27.7 Å². The predicted molar refractivity (Wildman–Crippen MR) is 58.5 cm³/mol. The first-order valence-electron chi connectivity index (χ1n) is 6.15. The number of ether oxygens (including phenoxy) is 5. The van der Waals surface area contributed by atoms with Gasteiger partial charge in [0.25, 0.3) is 0 Å². The minimum Gasteiger partial charge on any atom is -0.365 e. The molecule has 0 aromatic rings. The molecule has 0 spiro atoms. The molecular weight excluding hydrogens is 224 g/mol. The van der Waals surface area contributed by atoms with E-state index in [0.717, 1.165) is 0 Å². The fourth-order valence-electron chi connectivity index (χ4n) is 2.65. The number of hydrogen-bond acceptors (Lipinski definition) is 5. The summed E-state index contributed by atoms with van der Waals surface area (Å²) < 4.78 is 28.9. The molecule has 0 radical (unpaired) electrons. The molecule has 3 saturated heterocycles. The second-order valence-corrected chi connectivity index (χ2v) is 5.80. The first-order chi connectivity index (χ1) is 7.86. The lowest BCUT2D eigenvalue weighted by Crippen LogP contribution is -2.55. The summed E-state index contributed by atoms with van der Waals surface area (Å²) in [5, 5.41) is 0. The van der Waals surface area contributed by atoms with Crippen LogP contribution in [0.25, 0.3) is 0 Å². The average molecular weight is 244 g/mol. The molecule has 0 aliphatic carbocycles. The van der Waals surface area contributed by atoms with Gasteiger partial charge in [-0.3, -0.25) is 0 Å². The second kappa shape index (κ2) is 3.65. The first-order valence-corrected chi connectivity index (χ1v) is 6.15. The van der Waals surface area contributed by atoms with Crippen LogP contribution >= 0.6 is 0 Å². The van der Waals surface area contributed by atoms with E-state index in [4.69, 9.17) is 23.7 Å². The predicted octanol–water partition coefficient (Wildman–Crippen LogP) is 1.06. The van der Waals surface area contributed by atoms with E-state index in [0.29, 0.717) is 13.2 Å². The maximum absolute atomic E-state index is 5.93. The molecule has 3 heterocycles. The van der Waals surface area contributed by atoms with E-state index in [2.05, 4.69) is 0 Å². The SMILES string of the molecule is CC1(C)OC[C@H]2O[C@@H]3COC(C)(C)O[C@H]3[C@@H]2O1. The van der Waals surface area contributed by atoms with Gasteiger partial charge < -0.3 is 23.7 Å². The summed E-state index contributed by atoms with van der Waals surface area (Å²) in [7, 11) is 0. The van der Waals surface area contributed by atoms with E-state index >= 15 is 0 Å². The van der Waals surface area contributed by atoms with E-state index in [1.165, 1.54) is 0 Å². The van der Waals surface area contributed by atoms with Crippen LogP contribution in [0.5, 0.6) is 0 Å². The average Bonchev–Trinajstić information content (AvgIpc) is 2.53. The Morgan fingerprint density at radius 1 is 0.765 bits per heavy atom. The van der Waals surface area contributed by atoms with Crippen molar-refractivity contribution in [2.75, 3.05) is 13.2 Å². The first kappa shape index (κ1) is 11.9. The van der Waals surface area contributed by atoms with Crippen molar-refractivity contribution in [2.24, 2.45) is 0 Å². The van der Waals surface area contributed by atoms with Crippen LogP contribution in [-0.2, 0) is 23.7 Å². The normalized spacial score (nSPS) is 47.3. The van der Waals surface area contributed by atoms with Crippen molar-refractivity contribution in [3.05, 3.63) is 0 Å². The number of hydrogen-bond donors (Lipinski definition) is 0. The fourth-order valence-corrected chi connectivity index (χ4v) is 2.65. The largest absolute Gasteiger partial charge is 0.365 e. The van der Waals surface area contributed by atoms with Crippen LogP contribution in [0, 0.1) is 0 Å². The summed E-state index contributed by atoms with van der Waals surface area (Å²) in [5.74, 6) is -1.13. The smallest absolute Gasteiger partial charge is 0.163 e. The third-order valence-corrected chi connectivity index (χ3v) is 3.44. The van der Waals surface area contributed by atoms with E-state index in [-0.39, 0.29) is 24.4 Å². The summed E-state index contributed by atoms with van der Waals surface area (Å²) >= 11 is 0. The van der Waals surface area contributed by atoms with Crippen molar-refractivity contribution >= 4 is 0 Å². The topological polar surface area (TPSA) is 46.2 Å². The van der Waals surface area contributed by atoms with Crippen molar-refractivity contribution in [1.29, 1.82) is 0 Å². The van der Waals surface area contributed by atoms with Gasteiger partial charge in [0, 0.05) is 0 Å². The van der Waals surface area contributed by atoms with Crippen LogP contribution in [0.15, 0.2) is 0 Å². The van der Waals surface area contributed by atoms with Crippen LogP contribution in [0.3, 0.4) is 0 Å². The van der Waals surface area contributed by atoms with Gasteiger partial charge in [-0.2, -0.15) is 0 Å². The van der Waals surface area contributed by atoms with E-state index in [9.17, 15) is 0 Å². The Morgan fingerprint density at radius 2 is 1.18 bits per heavy atom. The zero-order chi connectivity index (χ0) is 12.3. The molecule has 0 N–H and O–H groups in total. The highest BCUT2D eigenvalue weighted by Crippen LogP contribution is 2.39. The van der Waals surface area contributed by atoms with Crippen molar-refractivity contribution in [3.8, 4) is 0 Å². The Kier molecular flexibility index (Phi) is 2.55. The van der Waals surface area contributed by atoms with Gasteiger partial charge in [-0.25, -0.2) is 0 Å². The van der Waals surface area contributed by atoms with Gasteiger partial charge in [0.05, 0.1) is 13.2 Å². The Bertz CT molecular complexity index is 284. The van der Waals surface area contributed by atoms with Crippen LogP contribution in [-0.4, -0.2) is 49.2 Å². The minimum absolute atomic E-state index is 0.0458. The lowest BCUT2D eigenvalue weighted by molar-refractivity contribution is -0.327. The summed E-state index contributed by atoms with van der Waals surface area (Å²) in [4.78, 5) is 0. The quantitative estimate of drug-likeness (QED) is 0.637. The van der Waals surface area contributed by atoms with E-state index in [1.54, 1.807) is 0 Å². The molecule has 4 atom stereocenters. The molecule has 5 nitrogen and oxygen atoms in total. The Morgan fingerprint density at radius 3 is 1.59 bits per heavy atom. The van der Waals surface area contributed by atoms with Crippen molar-refractivity contribution < 1.29 is 23.7 Å². The molecule has 3 rings (SSSR count). The third kappa shape index (κ3) is 2.11. The maximum Gasteiger partial charge on any atom is 0.163 e. The van der Waals surface area contributed by atoms with Gasteiger partial charge in [-0.1, -0.05) is 0 Å². The zero-order valence-electron chi connectivity index (χ0n) is 10.8. The highest BCUT2D eigenvalue weighted by Gasteiger charge is 2.55. The highest BCUT2D eigenvalue weighted by atomic mass is 16.8. The second-order valence-electron chi connectivity index (χ2n) is 5.80. The molecule has 0 saturated carbocycles.